The molecular weight excluding hydrogens is 332 g/mol. The standard InChI is InChI=1S/C13H13ClN2O3S2/c1-16(2)13(17)9-3-5-10(6-4-9)21(18,19)15-11-7-8-20-12(11)14/h3-8,15H,1-2H3. The van der Waals surface area contributed by atoms with E-state index < -0.39 is 10.0 Å². The molecule has 0 aliphatic carbocycles. The van der Waals surface area contributed by atoms with E-state index in [0.29, 0.717) is 15.6 Å². The van der Waals surface area contributed by atoms with Gasteiger partial charge >= 0.3 is 0 Å². The smallest absolute Gasteiger partial charge is 0.261 e. The van der Waals surface area contributed by atoms with Crippen molar-refractivity contribution in [2.24, 2.45) is 0 Å². The average molecular weight is 345 g/mol. The van der Waals surface area contributed by atoms with Crippen LogP contribution >= 0.6 is 22.9 Å². The summed E-state index contributed by atoms with van der Waals surface area (Å²) in [6, 6.07) is 7.32. The molecule has 1 heterocycles. The molecule has 0 atom stereocenters. The third-order valence-electron chi connectivity index (χ3n) is 2.68. The number of hydrogen-bond acceptors (Lipinski definition) is 4. The van der Waals surface area contributed by atoms with E-state index >= 15 is 0 Å². The van der Waals surface area contributed by atoms with Crippen LogP contribution in [0.25, 0.3) is 0 Å². The number of sulfonamides is 1. The van der Waals surface area contributed by atoms with Crippen molar-refractivity contribution in [1.29, 1.82) is 0 Å². The number of amides is 1. The van der Waals surface area contributed by atoms with Gasteiger partial charge in [-0.05, 0) is 35.7 Å². The van der Waals surface area contributed by atoms with Gasteiger partial charge in [-0.2, -0.15) is 0 Å². The second-order valence-electron chi connectivity index (χ2n) is 4.44. The third kappa shape index (κ3) is 3.55. The van der Waals surface area contributed by atoms with Gasteiger partial charge in [-0.25, -0.2) is 8.42 Å². The summed E-state index contributed by atoms with van der Waals surface area (Å²) < 4.78 is 27.2. The number of anilines is 1. The molecule has 0 unspecified atom stereocenters. The number of carbonyl (C=O) groups excluding carboxylic acids is 1. The van der Waals surface area contributed by atoms with Gasteiger partial charge in [-0.1, -0.05) is 11.6 Å². The maximum atomic E-state index is 12.2. The quantitative estimate of drug-likeness (QED) is 0.927. The lowest BCUT2D eigenvalue weighted by atomic mass is 10.2. The van der Waals surface area contributed by atoms with Crippen LogP contribution in [0.1, 0.15) is 10.4 Å². The fraction of sp³-hybridized carbons (Fsp3) is 0.154. The van der Waals surface area contributed by atoms with Crippen molar-refractivity contribution in [2.45, 2.75) is 4.90 Å². The molecular formula is C13H13ClN2O3S2. The molecule has 0 radical (unpaired) electrons. The molecule has 1 aromatic heterocycles. The predicted octanol–water partition coefficient (Wildman–Crippen LogP) is 2.90. The number of nitrogens with one attached hydrogen (secondary N) is 1. The van der Waals surface area contributed by atoms with E-state index in [1.807, 2.05) is 0 Å². The van der Waals surface area contributed by atoms with E-state index in [4.69, 9.17) is 11.6 Å². The van der Waals surface area contributed by atoms with Crippen LogP contribution in [0.2, 0.25) is 4.34 Å². The fourth-order valence-electron chi connectivity index (χ4n) is 1.60. The van der Waals surface area contributed by atoms with Crippen molar-refractivity contribution in [2.75, 3.05) is 18.8 Å². The van der Waals surface area contributed by atoms with Crippen molar-refractivity contribution in [3.63, 3.8) is 0 Å². The summed E-state index contributed by atoms with van der Waals surface area (Å²) in [7, 11) is -0.457. The number of halogens is 1. The van der Waals surface area contributed by atoms with Crippen LogP contribution < -0.4 is 4.72 Å². The summed E-state index contributed by atoms with van der Waals surface area (Å²) in [5, 5.41) is 1.69. The molecule has 1 aromatic carbocycles. The zero-order valence-corrected chi connectivity index (χ0v) is 13.7. The Bertz CT molecular complexity index is 752. The van der Waals surface area contributed by atoms with Crippen LogP contribution in [0.3, 0.4) is 0 Å². The van der Waals surface area contributed by atoms with Gasteiger partial charge in [-0.3, -0.25) is 9.52 Å². The van der Waals surface area contributed by atoms with Gasteiger partial charge in [0.05, 0.1) is 10.6 Å². The minimum absolute atomic E-state index is 0.0695. The number of nitrogens with zero attached hydrogens (tertiary/aromatic N) is 1. The fourth-order valence-corrected chi connectivity index (χ4v) is 3.63. The molecule has 5 nitrogen and oxygen atoms in total. The second kappa shape index (κ2) is 6.05. The lowest BCUT2D eigenvalue weighted by Crippen LogP contribution is -2.21. The monoisotopic (exact) mass is 344 g/mol. The molecule has 0 aliphatic rings. The minimum Gasteiger partial charge on any atom is -0.345 e. The average Bonchev–Trinajstić information content (AvgIpc) is 2.83. The van der Waals surface area contributed by atoms with Gasteiger partial charge in [0.1, 0.15) is 4.34 Å². The Labute approximate surface area is 132 Å². The van der Waals surface area contributed by atoms with Gasteiger partial charge in [0, 0.05) is 19.7 Å². The molecule has 0 fully saturated rings. The van der Waals surface area contributed by atoms with Crippen LogP contribution in [0, 0.1) is 0 Å². The van der Waals surface area contributed by atoms with Crippen LogP contribution in [0.4, 0.5) is 5.69 Å². The zero-order valence-electron chi connectivity index (χ0n) is 11.3. The van der Waals surface area contributed by atoms with Crippen molar-refractivity contribution in [3.05, 3.63) is 45.6 Å². The number of hydrogen-bond donors (Lipinski definition) is 1. The first-order chi connectivity index (χ1) is 9.81. The number of rotatable bonds is 4. The first kappa shape index (κ1) is 15.8. The van der Waals surface area contributed by atoms with Crippen LogP contribution in [-0.2, 0) is 10.0 Å². The highest BCUT2D eigenvalue weighted by molar-refractivity contribution is 7.92. The molecule has 0 aliphatic heterocycles. The van der Waals surface area contributed by atoms with E-state index in [-0.39, 0.29) is 10.8 Å². The number of benzene rings is 1. The normalized spacial score (nSPS) is 11.2. The SMILES string of the molecule is CN(C)C(=O)c1ccc(S(=O)(=O)Nc2ccsc2Cl)cc1. The molecule has 0 spiro atoms. The maximum Gasteiger partial charge on any atom is 0.261 e. The number of thiophene rings is 1. The van der Waals surface area contributed by atoms with E-state index in [0.717, 1.165) is 0 Å². The van der Waals surface area contributed by atoms with Crippen LogP contribution in [0.5, 0.6) is 0 Å². The van der Waals surface area contributed by atoms with Crippen molar-refractivity contribution in [1.82, 2.24) is 4.90 Å². The van der Waals surface area contributed by atoms with E-state index in [1.54, 1.807) is 25.5 Å². The molecule has 0 bridgehead atoms. The minimum atomic E-state index is -3.72. The second-order valence-corrected chi connectivity index (χ2v) is 7.64. The Morgan fingerprint density at radius 2 is 1.81 bits per heavy atom. The first-order valence-electron chi connectivity index (χ1n) is 5.89. The summed E-state index contributed by atoms with van der Waals surface area (Å²) >= 11 is 7.11. The Balaban J connectivity index is 2.25. The highest BCUT2D eigenvalue weighted by Gasteiger charge is 2.17. The van der Waals surface area contributed by atoms with E-state index in [9.17, 15) is 13.2 Å². The molecule has 1 N–H and O–H groups in total. The molecule has 2 rings (SSSR count). The van der Waals surface area contributed by atoms with Crippen molar-refractivity contribution < 1.29 is 13.2 Å². The summed E-state index contributed by atoms with van der Waals surface area (Å²) in [4.78, 5) is 13.2. The third-order valence-corrected chi connectivity index (χ3v) is 5.23. The highest BCUT2D eigenvalue weighted by atomic mass is 35.5. The van der Waals surface area contributed by atoms with Crippen LogP contribution in [0.15, 0.2) is 40.6 Å². The Kier molecular flexibility index (Phi) is 4.55. The highest BCUT2D eigenvalue weighted by Crippen LogP contribution is 2.29. The Morgan fingerprint density at radius 3 is 2.29 bits per heavy atom. The molecule has 112 valence electrons. The first-order valence-corrected chi connectivity index (χ1v) is 8.63. The molecule has 8 heteroatoms. The van der Waals surface area contributed by atoms with Crippen molar-refractivity contribution in [3.8, 4) is 0 Å². The topological polar surface area (TPSA) is 66.5 Å². The Hall–Kier alpha value is -1.57. The molecule has 21 heavy (non-hydrogen) atoms. The molecule has 2 aromatic rings. The van der Waals surface area contributed by atoms with Gasteiger partial charge in [0.15, 0.2) is 0 Å². The lowest BCUT2D eigenvalue weighted by Gasteiger charge is -2.11. The molecule has 1 amide bonds. The number of carbonyl (C=O) groups is 1. The lowest BCUT2D eigenvalue weighted by molar-refractivity contribution is 0.0827. The molecule has 0 saturated carbocycles. The zero-order chi connectivity index (χ0) is 15.6. The summed E-state index contributed by atoms with van der Waals surface area (Å²) in [6.45, 7) is 0. The van der Waals surface area contributed by atoms with Crippen LogP contribution in [-0.4, -0.2) is 33.3 Å². The van der Waals surface area contributed by atoms with Gasteiger partial charge < -0.3 is 4.90 Å². The largest absolute Gasteiger partial charge is 0.345 e. The maximum absolute atomic E-state index is 12.2. The van der Waals surface area contributed by atoms with Gasteiger partial charge in [0.25, 0.3) is 15.9 Å². The van der Waals surface area contributed by atoms with E-state index in [2.05, 4.69) is 4.72 Å². The molecule has 0 saturated heterocycles. The summed E-state index contributed by atoms with van der Waals surface area (Å²) in [6.07, 6.45) is 0. The predicted molar refractivity (Wildman–Crippen MR) is 84.6 cm³/mol. The van der Waals surface area contributed by atoms with Crippen molar-refractivity contribution >= 4 is 44.6 Å². The van der Waals surface area contributed by atoms with Gasteiger partial charge in [0.2, 0.25) is 0 Å². The Morgan fingerprint density at radius 1 is 1.19 bits per heavy atom. The van der Waals surface area contributed by atoms with E-state index in [1.165, 1.54) is 40.5 Å². The van der Waals surface area contributed by atoms with Gasteiger partial charge in [-0.15, -0.1) is 11.3 Å². The summed E-state index contributed by atoms with van der Waals surface area (Å²) in [5.41, 5.74) is 0.766. The summed E-state index contributed by atoms with van der Waals surface area (Å²) in [5.74, 6) is -0.187.